The summed E-state index contributed by atoms with van der Waals surface area (Å²) in [5.41, 5.74) is 9.21. The van der Waals surface area contributed by atoms with Crippen molar-refractivity contribution >= 4 is 16.7 Å². The van der Waals surface area contributed by atoms with Crippen molar-refractivity contribution in [1.82, 2.24) is 4.57 Å². The van der Waals surface area contributed by atoms with E-state index in [2.05, 4.69) is 42.8 Å². The molecule has 1 aromatic heterocycles. The molecular formula is C13H17N3. The number of nitrogens with two attached hydrogens (primary N) is 1. The molecule has 2 aromatic rings. The SMILES string of the molecule is Cc1cc(C)c2c(ccn2CCC(=N)N)c1. The quantitative estimate of drug-likeness (QED) is 0.600. The van der Waals surface area contributed by atoms with Crippen molar-refractivity contribution < 1.29 is 0 Å². The highest BCUT2D eigenvalue weighted by Gasteiger charge is 2.05. The number of nitrogens with zero attached hydrogens (tertiary/aromatic N) is 1. The average molecular weight is 215 g/mol. The molecule has 0 radical (unpaired) electrons. The molecule has 0 bridgehead atoms. The molecule has 0 aliphatic carbocycles. The third-order valence-corrected chi connectivity index (χ3v) is 2.82. The van der Waals surface area contributed by atoms with Gasteiger partial charge in [-0.3, -0.25) is 5.41 Å². The summed E-state index contributed by atoms with van der Waals surface area (Å²) in [6.45, 7) is 5.02. The molecule has 16 heavy (non-hydrogen) atoms. The van der Waals surface area contributed by atoms with Crippen LogP contribution in [0.2, 0.25) is 0 Å². The van der Waals surface area contributed by atoms with Crippen LogP contribution in [0.25, 0.3) is 10.9 Å². The molecule has 84 valence electrons. The molecule has 0 saturated carbocycles. The number of fused-ring (bicyclic) bond motifs is 1. The van der Waals surface area contributed by atoms with Gasteiger partial charge in [-0.05, 0) is 31.5 Å². The van der Waals surface area contributed by atoms with E-state index in [-0.39, 0.29) is 5.84 Å². The average Bonchev–Trinajstić information content (AvgIpc) is 2.57. The lowest BCUT2D eigenvalue weighted by molar-refractivity contribution is 0.749. The Morgan fingerprint density at radius 1 is 1.38 bits per heavy atom. The fourth-order valence-electron chi connectivity index (χ4n) is 2.18. The van der Waals surface area contributed by atoms with Crippen LogP contribution in [0.1, 0.15) is 17.5 Å². The summed E-state index contributed by atoms with van der Waals surface area (Å²) in [4.78, 5) is 0. The Kier molecular flexibility index (Phi) is 2.69. The number of aromatic nitrogens is 1. The van der Waals surface area contributed by atoms with Crippen LogP contribution < -0.4 is 5.73 Å². The molecule has 0 amide bonds. The molecule has 0 atom stereocenters. The Hall–Kier alpha value is -1.77. The third-order valence-electron chi connectivity index (χ3n) is 2.82. The lowest BCUT2D eigenvalue weighted by Crippen LogP contribution is -2.12. The van der Waals surface area contributed by atoms with Gasteiger partial charge in [0, 0.05) is 24.5 Å². The molecule has 0 spiro atoms. The maximum absolute atomic E-state index is 7.26. The van der Waals surface area contributed by atoms with E-state index in [1.165, 1.54) is 22.0 Å². The molecule has 3 nitrogen and oxygen atoms in total. The van der Waals surface area contributed by atoms with Crippen LogP contribution in [0.4, 0.5) is 0 Å². The van der Waals surface area contributed by atoms with Crippen molar-refractivity contribution in [3.05, 3.63) is 35.5 Å². The van der Waals surface area contributed by atoms with Crippen LogP contribution in [0.15, 0.2) is 24.4 Å². The van der Waals surface area contributed by atoms with Gasteiger partial charge in [-0.1, -0.05) is 11.6 Å². The van der Waals surface area contributed by atoms with Crippen molar-refractivity contribution in [2.45, 2.75) is 26.8 Å². The first kappa shape index (κ1) is 10.7. The molecule has 1 aromatic carbocycles. The number of hydrogen-bond donors (Lipinski definition) is 2. The maximum Gasteiger partial charge on any atom is 0.0923 e. The summed E-state index contributed by atoms with van der Waals surface area (Å²) in [5, 5.41) is 8.52. The van der Waals surface area contributed by atoms with Gasteiger partial charge in [0.15, 0.2) is 0 Å². The van der Waals surface area contributed by atoms with Crippen molar-refractivity contribution in [2.75, 3.05) is 0 Å². The van der Waals surface area contributed by atoms with E-state index in [4.69, 9.17) is 11.1 Å². The lowest BCUT2D eigenvalue weighted by atomic mass is 10.1. The smallest absolute Gasteiger partial charge is 0.0923 e. The number of rotatable bonds is 3. The zero-order chi connectivity index (χ0) is 11.7. The molecule has 0 fully saturated rings. The van der Waals surface area contributed by atoms with Gasteiger partial charge in [0.25, 0.3) is 0 Å². The number of amidine groups is 1. The normalized spacial score (nSPS) is 10.9. The van der Waals surface area contributed by atoms with Gasteiger partial charge in [0.2, 0.25) is 0 Å². The van der Waals surface area contributed by atoms with E-state index in [1.54, 1.807) is 0 Å². The zero-order valence-electron chi connectivity index (χ0n) is 9.75. The van der Waals surface area contributed by atoms with E-state index >= 15 is 0 Å². The summed E-state index contributed by atoms with van der Waals surface area (Å²) in [6, 6.07) is 6.49. The van der Waals surface area contributed by atoms with Crippen LogP contribution in [0.3, 0.4) is 0 Å². The summed E-state index contributed by atoms with van der Waals surface area (Å²) < 4.78 is 2.17. The Labute approximate surface area is 95.4 Å². The summed E-state index contributed by atoms with van der Waals surface area (Å²) in [5.74, 6) is 0.242. The summed E-state index contributed by atoms with van der Waals surface area (Å²) >= 11 is 0. The minimum atomic E-state index is 0.242. The Morgan fingerprint density at radius 2 is 2.12 bits per heavy atom. The highest BCUT2D eigenvalue weighted by Crippen LogP contribution is 2.22. The summed E-state index contributed by atoms with van der Waals surface area (Å²) in [6.07, 6.45) is 2.68. The van der Waals surface area contributed by atoms with Gasteiger partial charge < -0.3 is 10.3 Å². The molecule has 0 aliphatic heterocycles. The number of hydrogen-bond acceptors (Lipinski definition) is 1. The number of benzene rings is 1. The van der Waals surface area contributed by atoms with Gasteiger partial charge in [-0.2, -0.15) is 0 Å². The monoisotopic (exact) mass is 215 g/mol. The largest absolute Gasteiger partial charge is 0.388 e. The number of nitrogens with one attached hydrogen (secondary N) is 1. The predicted octanol–water partition coefficient (Wildman–Crippen LogP) is 2.58. The van der Waals surface area contributed by atoms with Crippen molar-refractivity contribution in [2.24, 2.45) is 5.73 Å². The van der Waals surface area contributed by atoms with E-state index in [9.17, 15) is 0 Å². The first-order valence-electron chi connectivity index (χ1n) is 5.47. The van der Waals surface area contributed by atoms with E-state index < -0.39 is 0 Å². The first-order valence-corrected chi connectivity index (χ1v) is 5.47. The fraction of sp³-hybridized carbons (Fsp3) is 0.308. The molecule has 0 aliphatic rings. The second-order valence-corrected chi connectivity index (χ2v) is 4.30. The molecule has 0 saturated heterocycles. The van der Waals surface area contributed by atoms with Crippen LogP contribution in [0.5, 0.6) is 0 Å². The molecule has 3 heteroatoms. The van der Waals surface area contributed by atoms with Crippen molar-refractivity contribution in [3.63, 3.8) is 0 Å². The van der Waals surface area contributed by atoms with Gasteiger partial charge >= 0.3 is 0 Å². The van der Waals surface area contributed by atoms with E-state index in [0.717, 1.165) is 6.54 Å². The van der Waals surface area contributed by atoms with Crippen LogP contribution in [0, 0.1) is 19.3 Å². The lowest BCUT2D eigenvalue weighted by Gasteiger charge is -2.07. The number of aryl methyl sites for hydroxylation is 3. The van der Waals surface area contributed by atoms with Crippen LogP contribution in [-0.2, 0) is 6.54 Å². The van der Waals surface area contributed by atoms with Crippen LogP contribution in [-0.4, -0.2) is 10.4 Å². The Bertz CT molecular complexity index is 537. The molecule has 3 N–H and O–H groups in total. The fourth-order valence-corrected chi connectivity index (χ4v) is 2.18. The van der Waals surface area contributed by atoms with Crippen LogP contribution >= 0.6 is 0 Å². The first-order chi connectivity index (χ1) is 7.58. The third kappa shape index (κ3) is 1.94. The molecule has 2 rings (SSSR count). The highest BCUT2D eigenvalue weighted by molar-refractivity contribution is 5.84. The molecule has 1 heterocycles. The topological polar surface area (TPSA) is 54.8 Å². The minimum absolute atomic E-state index is 0.242. The van der Waals surface area contributed by atoms with Gasteiger partial charge in [-0.25, -0.2) is 0 Å². The zero-order valence-corrected chi connectivity index (χ0v) is 9.75. The van der Waals surface area contributed by atoms with Gasteiger partial charge in [-0.15, -0.1) is 0 Å². The molecule has 0 unspecified atom stereocenters. The summed E-state index contributed by atoms with van der Waals surface area (Å²) in [7, 11) is 0. The standard InChI is InChI=1S/C13H17N3/c1-9-7-10(2)13-11(8-9)3-5-16(13)6-4-12(14)15/h3,5,7-8H,4,6H2,1-2H3,(H3,14,15). The minimum Gasteiger partial charge on any atom is -0.388 e. The second-order valence-electron chi connectivity index (χ2n) is 4.30. The van der Waals surface area contributed by atoms with Gasteiger partial charge in [0.05, 0.1) is 11.4 Å². The molecular weight excluding hydrogens is 198 g/mol. The van der Waals surface area contributed by atoms with Gasteiger partial charge in [0.1, 0.15) is 0 Å². The highest BCUT2D eigenvalue weighted by atomic mass is 15.0. The second kappa shape index (κ2) is 4.00. The predicted molar refractivity (Wildman–Crippen MR) is 67.9 cm³/mol. The maximum atomic E-state index is 7.26. The van der Waals surface area contributed by atoms with Crippen molar-refractivity contribution in [1.29, 1.82) is 5.41 Å². The van der Waals surface area contributed by atoms with E-state index in [1.807, 2.05) is 0 Å². The van der Waals surface area contributed by atoms with Crippen molar-refractivity contribution in [3.8, 4) is 0 Å². The Balaban J connectivity index is 2.43. The van der Waals surface area contributed by atoms with E-state index in [0.29, 0.717) is 6.42 Å². The Morgan fingerprint density at radius 3 is 2.81 bits per heavy atom.